The van der Waals surface area contributed by atoms with Crippen LogP contribution in [0.4, 0.5) is 13.2 Å². The van der Waals surface area contributed by atoms with Crippen molar-refractivity contribution in [3.8, 4) is 29.6 Å². The molecule has 0 bridgehead atoms. The molecule has 5 heteroatoms. The molecule has 2 aromatic carbocycles. The highest BCUT2D eigenvalue weighted by atomic mass is 19.4. The van der Waals surface area contributed by atoms with Gasteiger partial charge in [-0.3, -0.25) is 0 Å². The summed E-state index contributed by atoms with van der Waals surface area (Å²) in [6.07, 6.45) is 1.29. The molecular formula is C17H13F3O2. The van der Waals surface area contributed by atoms with E-state index in [0.29, 0.717) is 30.3 Å². The van der Waals surface area contributed by atoms with Gasteiger partial charge in [0.2, 0.25) is 0 Å². The summed E-state index contributed by atoms with van der Waals surface area (Å²) in [6, 6.07) is 11.3. The van der Waals surface area contributed by atoms with Crippen LogP contribution >= 0.6 is 0 Å². The van der Waals surface area contributed by atoms with Crippen LogP contribution < -0.4 is 9.47 Å². The molecule has 2 nitrogen and oxygen atoms in total. The Morgan fingerprint density at radius 3 is 1.86 bits per heavy atom. The van der Waals surface area contributed by atoms with Gasteiger partial charge in [0.25, 0.3) is 0 Å². The molecule has 0 saturated carbocycles. The molecule has 114 valence electrons. The number of alkyl halides is 3. The first-order valence-electron chi connectivity index (χ1n) is 6.50. The third kappa shape index (κ3) is 4.45. The number of rotatable bonds is 5. The van der Waals surface area contributed by atoms with Crippen LogP contribution in [-0.4, -0.2) is 6.61 Å². The van der Waals surface area contributed by atoms with Gasteiger partial charge < -0.3 is 9.47 Å². The summed E-state index contributed by atoms with van der Waals surface area (Å²) >= 11 is 0. The van der Waals surface area contributed by atoms with Crippen molar-refractivity contribution in [3.63, 3.8) is 0 Å². The standard InChI is InChI=1S/C17H13F3O2/c1-2-3-12-21-14-8-10-16(11-9-14)22-15-6-4-13(5-7-15)17(18,19)20/h1,4-11H,3,12H2. The number of benzene rings is 2. The van der Waals surface area contributed by atoms with Gasteiger partial charge in [-0.25, -0.2) is 0 Å². The van der Waals surface area contributed by atoms with Gasteiger partial charge in [0, 0.05) is 6.42 Å². The predicted octanol–water partition coefficient (Wildman–Crippen LogP) is 4.90. The lowest BCUT2D eigenvalue weighted by molar-refractivity contribution is -0.137. The Morgan fingerprint density at radius 1 is 0.864 bits per heavy atom. The van der Waals surface area contributed by atoms with Gasteiger partial charge >= 0.3 is 6.18 Å². The third-order valence-corrected chi connectivity index (χ3v) is 2.76. The Labute approximate surface area is 126 Å². The van der Waals surface area contributed by atoms with Gasteiger partial charge in [0.15, 0.2) is 0 Å². The van der Waals surface area contributed by atoms with E-state index in [1.807, 2.05) is 0 Å². The van der Waals surface area contributed by atoms with E-state index in [9.17, 15) is 13.2 Å². The Bertz CT molecular complexity index is 638. The van der Waals surface area contributed by atoms with E-state index in [0.717, 1.165) is 12.1 Å². The minimum absolute atomic E-state index is 0.328. The molecule has 0 aliphatic heterocycles. The Balaban J connectivity index is 1.97. The maximum atomic E-state index is 12.5. The van der Waals surface area contributed by atoms with E-state index in [-0.39, 0.29) is 0 Å². The SMILES string of the molecule is C#CCCOc1ccc(Oc2ccc(C(F)(F)F)cc2)cc1. The molecule has 0 unspecified atom stereocenters. The minimum atomic E-state index is -4.35. The van der Waals surface area contributed by atoms with Gasteiger partial charge in [0.05, 0.1) is 12.2 Å². The fourth-order valence-corrected chi connectivity index (χ4v) is 1.68. The van der Waals surface area contributed by atoms with Gasteiger partial charge in [0.1, 0.15) is 17.2 Å². The second kappa shape index (κ2) is 6.90. The molecule has 0 N–H and O–H groups in total. The summed E-state index contributed by atoms with van der Waals surface area (Å²) in [7, 11) is 0. The fourth-order valence-electron chi connectivity index (χ4n) is 1.68. The van der Waals surface area contributed by atoms with E-state index in [1.54, 1.807) is 24.3 Å². The van der Waals surface area contributed by atoms with Crippen LogP contribution in [0.25, 0.3) is 0 Å². The van der Waals surface area contributed by atoms with Gasteiger partial charge in [-0.1, -0.05) is 0 Å². The quantitative estimate of drug-likeness (QED) is 0.578. The number of terminal acetylenes is 1. The van der Waals surface area contributed by atoms with E-state index < -0.39 is 11.7 Å². The molecule has 0 atom stereocenters. The number of halogens is 3. The number of hydrogen-bond donors (Lipinski definition) is 0. The highest BCUT2D eigenvalue weighted by Gasteiger charge is 2.30. The summed E-state index contributed by atoms with van der Waals surface area (Å²) in [5.74, 6) is 3.95. The van der Waals surface area contributed by atoms with Crippen molar-refractivity contribution in [1.82, 2.24) is 0 Å². The van der Waals surface area contributed by atoms with Crippen molar-refractivity contribution in [3.05, 3.63) is 54.1 Å². The van der Waals surface area contributed by atoms with E-state index in [4.69, 9.17) is 15.9 Å². The molecule has 22 heavy (non-hydrogen) atoms. The smallest absolute Gasteiger partial charge is 0.416 e. The summed E-state index contributed by atoms with van der Waals surface area (Å²) < 4.78 is 48.2. The third-order valence-electron chi connectivity index (χ3n) is 2.76. The monoisotopic (exact) mass is 306 g/mol. The van der Waals surface area contributed by atoms with Gasteiger partial charge in [-0.05, 0) is 48.5 Å². The Kier molecular flexibility index (Phi) is 4.95. The van der Waals surface area contributed by atoms with Crippen molar-refractivity contribution in [1.29, 1.82) is 0 Å². The second-order valence-electron chi connectivity index (χ2n) is 4.40. The molecular weight excluding hydrogens is 293 g/mol. The molecule has 0 amide bonds. The first-order chi connectivity index (χ1) is 10.5. The molecule has 0 aliphatic carbocycles. The van der Waals surface area contributed by atoms with Crippen LogP contribution in [0.5, 0.6) is 17.2 Å². The first kappa shape index (κ1) is 15.8. The van der Waals surface area contributed by atoms with Crippen LogP contribution in [0.2, 0.25) is 0 Å². The fraction of sp³-hybridized carbons (Fsp3) is 0.176. The van der Waals surface area contributed by atoms with Crippen molar-refractivity contribution in [2.75, 3.05) is 6.61 Å². The number of hydrogen-bond acceptors (Lipinski definition) is 2. The summed E-state index contributed by atoms with van der Waals surface area (Å²) in [6.45, 7) is 0.426. The van der Waals surface area contributed by atoms with Crippen LogP contribution in [0.1, 0.15) is 12.0 Å². The molecule has 0 spiro atoms. The first-order valence-corrected chi connectivity index (χ1v) is 6.50. The highest BCUT2D eigenvalue weighted by molar-refractivity contribution is 5.36. The predicted molar refractivity (Wildman–Crippen MR) is 76.9 cm³/mol. The lowest BCUT2D eigenvalue weighted by atomic mass is 10.2. The molecule has 0 fully saturated rings. The van der Waals surface area contributed by atoms with E-state index in [2.05, 4.69) is 5.92 Å². The topological polar surface area (TPSA) is 18.5 Å². The van der Waals surface area contributed by atoms with Crippen molar-refractivity contribution in [2.24, 2.45) is 0 Å². The van der Waals surface area contributed by atoms with Crippen LogP contribution in [0.15, 0.2) is 48.5 Å². The largest absolute Gasteiger partial charge is 0.493 e. The maximum absolute atomic E-state index is 12.5. The molecule has 0 heterocycles. The highest BCUT2D eigenvalue weighted by Crippen LogP contribution is 2.31. The molecule has 2 rings (SSSR count). The molecule has 0 radical (unpaired) electrons. The van der Waals surface area contributed by atoms with Crippen molar-refractivity contribution >= 4 is 0 Å². The van der Waals surface area contributed by atoms with Crippen LogP contribution in [-0.2, 0) is 6.18 Å². The van der Waals surface area contributed by atoms with E-state index >= 15 is 0 Å². The van der Waals surface area contributed by atoms with E-state index in [1.165, 1.54) is 12.1 Å². The lowest BCUT2D eigenvalue weighted by Crippen LogP contribution is -2.03. The molecule has 0 aliphatic rings. The van der Waals surface area contributed by atoms with Crippen molar-refractivity contribution in [2.45, 2.75) is 12.6 Å². The average molecular weight is 306 g/mol. The summed E-state index contributed by atoms with van der Waals surface area (Å²) in [4.78, 5) is 0. The maximum Gasteiger partial charge on any atom is 0.416 e. The van der Waals surface area contributed by atoms with Crippen molar-refractivity contribution < 1.29 is 22.6 Å². The molecule has 0 aromatic heterocycles. The van der Waals surface area contributed by atoms with Crippen LogP contribution in [0.3, 0.4) is 0 Å². The summed E-state index contributed by atoms with van der Waals surface area (Å²) in [5, 5.41) is 0. The van der Waals surface area contributed by atoms with Gasteiger partial charge in [-0.15, -0.1) is 12.3 Å². The Hall–Kier alpha value is -2.61. The van der Waals surface area contributed by atoms with Gasteiger partial charge in [-0.2, -0.15) is 13.2 Å². The minimum Gasteiger partial charge on any atom is -0.493 e. The average Bonchev–Trinajstić information content (AvgIpc) is 2.49. The summed E-state index contributed by atoms with van der Waals surface area (Å²) in [5.41, 5.74) is -0.711. The van der Waals surface area contributed by atoms with Crippen LogP contribution in [0, 0.1) is 12.3 Å². The molecule has 2 aromatic rings. The normalized spacial score (nSPS) is 10.8. The Morgan fingerprint density at radius 2 is 1.36 bits per heavy atom. The molecule has 0 saturated heterocycles. The lowest BCUT2D eigenvalue weighted by Gasteiger charge is -2.09. The second-order valence-corrected chi connectivity index (χ2v) is 4.40. The zero-order valence-electron chi connectivity index (χ0n) is 11.6. The zero-order chi connectivity index (χ0) is 16.0. The zero-order valence-corrected chi connectivity index (χ0v) is 11.6. The number of ether oxygens (including phenoxy) is 2.